The molecule has 2 saturated heterocycles. The number of aliphatic hydroxyl groups is 2. The molecule has 1 aliphatic carbocycles. The van der Waals surface area contributed by atoms with Crippen LogP contribution in [0.25, 0.3) is 0 Å². The van der Waals surface area contributed by atoms with Crippen molar-refractivity contribution in [1.29, 1.82) is 0 Å². The third kappa shape index (κ3) is 13.4. The molecule has 0 aromatic carbocycles. The lowest BCUT2D eigenvalue weighted by Crippen LogP contribution is -2.64. The van der Waals surface area contributed by atoms with Crippen molar-refractivity contribution >= 4 is 29.4 Å². The summed E-state index contributed by atoms with van der Waals surface area (Å²) >= 11 is 0. The van der Waals surface area contributed by atoms with Gasteiger partial charge in [0.1, 0.15) is 30.6 Å². The molecule has 0 aromatic heterocycles. The number of esters is 2. The van der Waals surface area contributed by atoms with Crippen LogP contribution < -0.4 is 0 Å². The zero-order valence-electron chi connectivity index (χ0n) is 38.5. The third-order valence-electron chi connectivity index (χ3n) is 13.5. The van der Waals surface area contributed by atoms with Crippen molar-refractivity contribution < 1.29 is 62.6 Å². The summed E-state index contributed by atoms with van der Waals surface area (Å²) in [6.07, 6.45) is 8.01. The van der Waals surface area contributed by atoms with Crippen LogP contribution in [0.5, 0.6) is 0 Å². The third-order valence-corrected chi connectivity index (χ3v) is 13.5. The van der Waals surface area contributed by atoms with Gasteiger partial charge in [-0.05, 0) is 109 Å². The summed E-state index contributed by atoms with van der Waals surface area (Å²) in [5.41, 5.74) is 1.65. The van der Waals surface area contributed by atoms with Crippen LogP contribution in [0, 0.1) is 29.6 Å². The predicted molar refractivity (Wildman–Crippen MR) is 231 cm³/mol. The number of hydrogen-bond acceptors (Lipinski definition) is 13. The quantitative estimate of drug-likeness (QED) is 0.113. The number of rotatable bonds is 10. The van der Waals surface area contributed by atoms with Crippen molar-refractivity contribution in [3.05, 3.63) is 36.0 Å². The van der Waals surface area contributed by atoms with Crippen LogP contribution in [-0.2, 0) is 52.4 Å². The van der Waals surface area contributed by atoms with Crippen LogP contribution in [0.2, 0.25) is 0 Å². The Labute approximate surface area is 369 Å². The molecule has 3 fully saturated rings. The Morgan fingerprint density at radius 3 is 2.37 bits per heavy atom. The first-order valence-electron chi connectivity index (χ1n) is 22.9. The highest BCUT2D eigenvalue weighted by Crippen LogP contribution is 2.39. The normalized spacial score (nSPS) is 37.5. The first-order valence-corrected chi connectivity index (χ1v) is 22.9. The lowest BCUT2D eigenvalue weighted by Gasteiger charge is -2.47. The van der Waals surface area contributed by atoms with Gasteiger partial charge >= 0.3 is 11.9 Å². The summed E-state index contributed by atoms with van der Waals surface area (Å²) in [4.78, 5) is 70.2. The molecule has 14 heteroatoms. The second kappa shape index (κ2) is 24.1. The molecule has 0 unspecified atom stereocenters. The average Bonchev–Trinajstić information content (AvgIpc) is 3.48. The van der Waals surface area contributed by atoms with Gasteiger partial charge in [0.2, 0.25) is 5.79 Å². The van der Waals surface area contributed by atoms with Gasteiger partial charge in [-0.25, -0.2) is 9.59 Å². The van der Waals surface area contributed by atoms with E-state index >= 15 is 0 Å². The molecule has 13 atom stereocenters. The SMILES string of the molecule is C=CC[C@@H]1/C=C(\C)C[C@H](C)C[C@H](OC)[C@H]2O[C@@](O)(C(=O)C(=O)N3CCCC[C@H]3C(=O)O[C@@H](/C(C)=C/[C@H]3CCC[C@H](OCC(=O)OCC)CC3)[C@H](C)[C@@H](O)CC1=O)[C@H](C)C[C@@H]2OC. The standard InChI is InChI=1S/C48H75NO13/c1-10-15-35-23-29(3)22-30(4)24-40(57-8)44-41(58-9)26-32(6)48(56,62-44)45(53)46(54)49-21-13-12-18-37(49)47(55)61-43(33(7)38(50)27-39(35)51)31(5)25-34-16-14-17-36(20-19-34)60-28-42(52)59-11-2/h10,23,25,30,32-38,40-41,43-44,50,56H,1,11-22,24,26-28H2,2-9H3/b29-23+,31-25+/t30-,32+,33+,34-,35+,36-,37-,38-,40-,41-,43-,44+,48+/m0/s1. The van der Waals surface area contributed by atoms with Crippen LogP contribution in [-0.4, -0.2) is 127 Å². The van der Waals surface area contributed by atoms with Crippen LogP contribution in [0.1, 0.15) is 125 Å². The molecule has 14 nitrogen and oxygen atoms in total. The Hall–Kier alpha value is -3.27. The van der Waals surface area contributed by atoms with Crippen LogP contribution >= 0.6 is 0 Å². The minimum Gasteiger partial charge on any atom is -0.464 e. The molecule has 0 spiro atoms. The Morgan fingerprint density at radius 1 is 0.984 bits per heavy atom. The number of carbonyl (C=O) groups excluding carboxylic acids is 5. The topological polar surface area (TPSA) is 184 Å². The van der Waals surface area contributed by atoms with Gasteiger partial charge in [0.15, 0.2) is 0 Å². The van der Waals surface area contributed by atoms with E-state index in [1.54, 1.807) is 26.8 Å². The summed E-state index contributed by atoms with van der Waals surface area (Å²) < 4.78 is 35.3. The van der Waals surface area contributed by atoms with Crippen LogP contribution in [0.3, 0.4) is 0 Å². The molecule has 62 heavy (non-hydrogen) atoms. The second-order valence-electron chi connectivity index (χ2n) is 18.4. The molecule has 0 aromatic rings. The summed E-state index contributed by atoms with van der Waals surface area (Å²) in [6.45, 7) is 15.1. The molecule has 3 heterocycles. The number of piperidine rings is 1. The van der Waals surface area contributed by atoms with E-state index in [0.717, 1.165) is 31.3 Å². The second-order valence-corrected chi connectivity index (χ2v) is 18.4. The first kappa shape index (κ1) is 51.4. The molecule has 4 aliphatic rings. The number of aliphatic hydroxyl groups excluding tert-OH is 1. The van der Waals surface area contributed by atoms with Crippen LogP contribution in [0.4, 0.5) is 0 Å². The van der Waals surface area contributed by atoms with E-state index in [4.69, 9.17) is 28.4 Å². The van der Waals surface area contributed by atoms with Gasteiger partial charge in [0.25, 0.3) is 11.7 Å². The zero-order valence-corrected chi connectivity index (χ0v) is 38.5. The molecule has 4 rings (SSSR count). The van der Waals surface area contributed by atoms with Crippen LogP contribution in [0.15, 0.2) is 36.0 Å². The maximum absolute atomic E-state index is 14.4. The number of ketones is 2. The maximum Gasteiger partial charge on any atom is 0.332 e. The molecular weight excluding hydrogens is 799 g/mol. The Morgan fingerprint density at radius 2 is 1.69 bits per heavy atom. The van der Waals surface area contributed by atoms with Crippen molar-refractivity contribution in [3.8, 4) is 0 Å². The highest BCUT2D eigenvalue weighted by atomic mass is 16.7. The van der Waals surface area contributed by atoms with Gasteiger partial charge in [-0.3, -0.25) is 14.4 Å². The first-order chi connectivity index (χ1) is 29.5. The fraction of sp³-hybridized carbons (Fsp3) is 0.771. The number of ether oxygens (including phenoxy) is 6. The number of cyclic esters (lactones) is 1. The van der Waals surface area contributed by atoms with E-state index in [0.29, 0.717) is 44.1 Å². The van der Waals surface area contributed by atoms with E-state index in [2.05, 4.69) is 12.7 Å². The zero-order chi connectivity index (χ0) is 45.7. The number of hydrogen-bond donors (Lipinski definition) is 2. The highest BCUT2D eigenvalue weighted by Gasteiger charge is 2.56. The summed E-state index contributed by atoms with van der Waals surface area (Å²) in [7, 11) is 3.05. The van der Waals surface area contributed by atoms with E-state index in [1.165, 1.54) is 19.1 Å². The number of fused-ring (bicyclic) bond motifs is 3. The molecule has 2 bridgehead atoms. The predicted octanol–water partition coefficient (Wildman–Crippen LogP) is 5.99. The maximum atomic E-state index is 14.4. The molecule has 2 N–H and O–H groups in total. The van der Waals surface area contributed by atoms with Gasteiger partial charge in [-0.1, -0.05) is 51.0 Å². The summed E-state index contributed by atoms with van der Waals surface area (Å²) in [6, 6.07) is -1.14. The molecular formula is C48H75NO13. The summed E-state index contributed by atoms with van der Waals surface area (Å²) in [5.74, 6) is -8.07. The van der Waals surface area contributed by atoms with E-state index < -0.39 is 83.7 Å². The molecule has 1 amide bonds. The van der Waals surface area contributed by atoms with Gasteiger partial charge in [0.05, 0.1) is 31.0 Å². The van der Waals surface area contributed by atoms with Crippen molar-refractivity contribution in [1.82, 2.24) is 4.90 Å². The lowest BCUT2D eigenvalue weighted by molar-refractivity contribution is -0.302. The van der Waals surface area contributed by atoms with Crippen molar-refractivity contribution in [2.75, 3.05) is 34.0 Å². The largest absolute Gasteiger partial charge is 0.464 e. The molecule has 350 valence electrons. The number of carbonyl (C=O) groups is 5. The fourth-order valence-corrected chi connectivity index (χ4v) is 9.89. The molecule has 0 radical (unpaired) electrons. The van der Waals surface area contributed by atoms with E-state index in [9.17, 15) is 34.2 Å². The van der Waals surface area contributed by atoms with Crippen molar-refractivity contribution in [2.24, 2.45) is 29.6 Å². The van der Waals surface area contributed by atoms with E-state index in [-0.39, 0.29) is 62.7 Å². The minimum atomic E-state index is -2.52. The minimum absolute atomic E-state index is 0.00513. The number of allylic oxidation sites excluding steroid dienone is 4. The Balaban J connectivity index is 1.72. The van der Waals surface area contributed by atoms with Gasteiger partial charge in [-0.15, -0.1) is 6.58 Å². The van der Waals surface area contributed by atoms with Gasteiger partial charge in [0, 0.05) is 44.9 Å². The van der Waals surface area contributed by atoms with Gasteiger partial charge in [-0.2, -0.15) is 0 Å². The number of amides is 1. The van der Waals surface area contributed by atoms with Gasteiger partial charge < -0.3 is 43.5 Å². The molecule has 3 aliphatic heterocycles. The Bertz CT molecular complexity index is 1610. The van der Waals surface area contributed by atoms with Crippen molar-refractivity contribution in [3.63, 3.8) is 0 Å². The number of methoxy groups -OCH3 is 2. The lowest BCUT2D eigenvalue weighted by atomic mass is 9.82. The summed E-state index contributed by atoms with van der Waals surface area (Å²) in [5, 5.41) is 23.9. The monoisotopic (exact) mass is 874 g/mol. The smallest absolute Gasteiger partial charge is 0.332 e. The molecule has 1 saturated carbocycles. The Kier molecular flexibility index (Phi) is 20.0. The average molecular weight is 874 g/mol. The number of Topliss-reactive ketones (excluding diaryl/α,β-unsaturated/α-hetero) is 2. The van der Waals surface area contributed by atoms with Crippen molar-refractivity contribution in [2.45, 2.75) is 173 Å². The van der Waals surface area contributed by atoms with E-state index in [1.807, 2.05) is 26.8 Å². The highest BCUT2D eigenvalue weighted by molar-refractivity contribution is 6.39. The number of nitrogens with zero attached hydrogens (tertiary/aromatic N) is 1. The fourth-order valence-electron chi connectivity index (χ4n) is 9.89.